The van der Waals surface area contributed by atoms with E-state index in [-0.39, 0.29) is 0 Å². The Balaban J connectivity index is 1.74. The second-order valence-electron chi connectivity index (χ2n) is 6.63. The average Bonchev–Trinajstić information content (AvgIpc) is 3.16. The van der Waals surface area contributed by atoms with Crippen molar-refractivity contribution in [1.82, 2.24) is 9.55 Å². The minimum Gasteiger partial charge on any atom is -0.384 e. The number of nitrogens with zero attached hydrogens (tertiary/aromatic N) is 2. The van der Waals surface area contributed by atoms with Gasteiger partial charge in [0.15, 0.2) is 0 Å². The normalized spacial score (nSPS) is 24.6. The lowest BCUT2D eigenvalue weighted by Gasteiger charge is -2.29. The standard InChI is InChI=1S/C18H23N3/c1-13-4-2-6-15(10-13)21-12-19-11-17(21)16-7-3-5-14-8-9-20-18(14)16/h3,5,7,11-13,15,20H,2,4,6,8-10H2,1H3. The number of imidazole rings is 1. The van der Waals surface area contributed by atoms with Gasteiger partial charge in [0, 0.05) is 23.8 Å². The first-order valence-corrected chi connectivity index (χ1v) is 8.21. The molecule has 1 aromatic carbocycles. The van der Waals surface area contributed by atoms with Gasteiger partial charge in [0.2, 0.25) is 0 Å². The highest BCUT2D eigenvalue weighted by Crippen LogP contribution is 2.38. The summed E-state index contributed by atoms with van der Waals surface area (Å²) in [6, 6.07) is 7.27. The van der Waals surface area contributed by atoms with Crippen molar-refractivity contribution in [1.29, 1.82) is 0 Å². The summed E-state index contributed by atoms with van der Waals surface area (Å²) in [6.45, 7) is 3.44. The van der Waals surface area contributed by atoms with Crippen LogP contribution in [0.4, 0.5) is 5.69 Å². The van der Waals surface area contributed by atoms with Crippen molar-refractivity contribution in [3.05, 3.63) is 36.3 Å². The van der Waals surface area contributed by atoms with Crippen LogP contribution in [-0.4, -0.2) is 16.1 Å². The van der Waals surface area contributed by atoms with Crippen molar-refractivity contribution in [3.8, 4) is 11.3 Å². The number of rotatable bonds is 2. The Bertz CT molecular complexity index is 644. The molecule has 1 aromatic heterocycles. The number of hydrogen-bond acceptors (Lipinski definition) is 2. The quantitative estimate of drug-likeness (QED) is 0.891. The number of hydrogen-bond donors (Lipinski definition) is 1. The minimum absolute atomic E-state index is 0.614. The van der Waals surface area contributed by atoms with Crippen LogP contribution >= 0.6 is 0 Å². The molecule has 1 saturated carbocycles. The maximum Gasteiger partial charge on any atom is 0.0953 e. The van der Waals surface area contributed by atoms with Crippen LogP contribution in [0.15, 0.2) is 30.7 Å². The van der Waals surface area contributed by atoms with Crippen LogP contribution < -0.4 is 5.32 Å². The van der Waals surface area contributed by atoms with Crippen molar-refractivity contribution < 1.29 is 0 Å². The van der Waals surface area contributed by atoms with Gasteiger partial charge in [-0.2, -0.15) is 0 Å². The molecule has 1 N–H and O–H groups in total. The fourth-order valence-corrected chi connectivity index (χ4v) is 4.01. The molecular formula is C18H23N3. The van der Waals surface area contributed by atoms with Gasteiger partial charge in [-0.05, 0) is 30.7 Å². The molecule has 1 fully saturated rings. The third kappa shape index (κ3) is 2.25. The van der Waals surface area contributed by atoms with Gasteiger partial charge in [-0.25, -0.2) is 4.98 Å². The summed E-state index contributed by atoms with van der Waals surface area (Å²) in [6.07, 6.45) is 10.5. The maximum absolute atomic E-state index is 4.46. The smallest absolute Gasteiger partial charge is 0.0953 e. The van der Waals surface area contributed by atoms with E-state index in [4.69, 9.17) is 0 Å². The summed E-state index contributed by atoms with van der Waals surface area (Å²) < 4.78 is 2.42. The maximum atomic E-state index is 4.46. The van der Waals surface area contributed by atoms with Crippen LogP contribution in [0.1, 0.15) is 44.2 Å². The Morgan fingerprint density at radius 3 is 3.14 bits per heavy atom. The number of benzene rings is 1. The van der Waals surface area contributed by atoms with E-state index in [2.05, 4.69) is 40.0 Å². The summed E-state index contributed by atoms with van der Waals surface area (Å²) >= 11 is 0. The summed E-state index contributed by atoms with van der Waals surface area (Å²) in [4.78, 5) is 4.46. The lowest BCUT2D eigenvalue weighted by Crippen LogP contribution is -2.17. The zero-order valence-corrected chi connectivity index (χ0v) is 12.7. The van der Waals surface area contributed by atoms with Gasteiger partial charge in [0.05, 0.1) is 18.2 Å². The van der Waals surface area contributed by atoms with E-state index in [1.54, 1.807) is 0 Å². The van der Waals surface area contributed by atoms with Crippen molar-refractivity contribution in [2.75, 3.05) is 11.9 Å². The molecule has 0 bridgehead atoms. The Kier molecular flexibility index (Phi) is 3.21. The predicted octanol–water partition coefficient (Wildman–Crippen LogP) is 4.27. The highest BCUT2D eigenvalue weighted by Gasteiger charge is 2.24. The van der Waals surface area contributed by atoms with Crippen LogP contribution in [0.3, 0.4) is 0 Å². The van der Waals surface area contributed by atoms with Crippen molar-refractivity contribution in [2.24, 2.45) is 5.92 Å². The molecule has 0 radical (unpaired) electrons. The van der Waals surface area contributed by atoms with Gasteiger partial charge in [-0.15, -0.1) is 0 Å². The molecule has 2 atom stereocenters. The van der Waals surface area contributed by atoms with Gasteiger partial charge < -0.3 is 9.88 Å². The Morgan fingerprint density at radius 2 is 2.24 bits per heavy atom. The van der Waals surface area contributed by atoms with E-state index in [9.17, 15) is 0 Å². The molecule has 2 aromatic rings. The van der Waals surface area contributed by atoms with E-state index in [1.807, 2.05) is 12.5 Å². The monoisotopic (exact) mass is 281 g/mol. The second-order valence-corrected chi connectivity index (χ2v) is 6.63. The largest absolute Gasteiger partial charge is 0.384 e. The van der Waals surface area contributed by atoms with E-state index < -0.39 is 0 Å². The number of aromatic nitrogens is 2. The van der Waals surface area contributed by atoms with Crippen LogP contribution in [0.2, 0.25) is 0 Å². The molecule has 2 heterocycles. The zero-order valence-electron chi connectivity index (χ0n) is 12.7. The fraction of sp³-hybridized carbons (Fsp3) is 0.500. The number of anilines is 1. The molecular weight excluding hydrogens is 258 g/mol. The zero-order chi connectivity index (χ0) is 14.2. The van der Waals surface area contributed by atoms with E-state index >= 15 is 0 Å². The Morgan fingerprint density at radius 1 is 1.29 bits per heavy atom. The van der Waals surface area contributed by atoms with Crippen molar-refractivity contribution in [2.45, 2.75) is 45.1 Å². The molecule has 3 nitrogen and oxygen atoms in total. The third-order valence-electron chi connectivity index (χ3n) is 5.09. The Labute approximate surface area is 126 Å². The van der Waals surface area contributed by atoms with E-state index in [1.165, 1.54) is 48.2 Å². The minimum atomic E-state index is 0.614. The topological polar surface area (TPSA) is 29.9 Å². The van der Waals surface area contributed by atoms with Gasteiger partial charge in [0.25, 0.3) is 0 Å². The third-order valence-corrected chi connectivity index (χ3v) is 5.09. The molecule has 3 heteroatoms. The van der Waals surface area contributed by atoms with Gasteiger partial charge in [-0.1, -0.05) is 38.0 Å². The lowest BCUT2D eigenvalue weighted by atomic mass is 9.86. The van der Waals surface area contributed by atoms with Gasteiger partial charge in [0.1, 0.15) is 0 Å². The fourth-order valence-electron chi connectivity index (χ4n) is 4.01. The first-order valence-electron chi connectivity index (χ1n) is 8.21. The van der Waals surface area contributed by atoms with Crippen LogP contribution in [-0.2, 0) is 6.42 Å². The summed E-state index contributed by atoms with van der Waals surface area (Å²) in [5, 5.41) is 3.55. The predicted molar refractivity (Wildman–Crippen MR) is 86.5 cm³/mol. The van der Waals surface area contributed by atoms with Crippen LogP contribution in [0, 0.1) is 5.92 Å². The number of nitrogens with one attached hydrogen (secondary N) is 1. The summed E-state index contributed by atoms with van der Waals surface area (Å²) in [5.74, 6) is 0.832. The van der Waals surface area contributed by atoms with E-state index in [0.717, 1.165) is 18.9 Å². The molecule has 0 amide bonds. The molecule has 0 saturated heterocycles. The first kappa shape index (κ1) is 12.9. The van der Waals surface area contributed by atoms with Gasteiger partial charge in [-0.3, -0.25) is 0 Å². The summed E-state index contributed by atoms with van der Waals surface area (Å²) in [7, 11) is 0. The molecule has 4 rings (SSSR count). The molecule has 1 aliphatic heterocycles. The van der Waals surface area contributed by atoms with Crippen LogP contribution in [0.25, 0.3) is 11.3 Å². The first-order chi connectivity index (χ1) is 10.3. The number of para-hydroxylation sites is 1. The average molecular weight is 281 g/mol. The Hall–Kier alpha value is -1.77. The van der Waals surface area contributed by atoms with Crippen molar-refractivity contribution in [3.63, 3.8) is 0 Å². The molecule has 2 aliphatic rings. The molecule has 110 valence electrons. The SMILES string of the molecule is CC1CCCC(n2cncc2-c2cccc3c2NCC3)C1. The molecule has 0 spiro atoms. The molecule has 21 heavy (non-hydrogen) atoms. The van der Waals surface area contributed by atoms with Crippen molar-refractivity contribution >= 4 is 5.69 Å². The second kappa shape index (κ2) is 5.21. The molecule has 1 aliphatic carbocycles. The summed E-state index contributed by atoms with van der Waals surface area (Å²) in [5.41, 5.74) is 5.36. The van der Waals surface area contributed by atoms with Gasteiger partial charge >= 0.3 is 0 Å². The lowest BCUT2D eigenvalue weighted by molar-refractivity contribution is 0.284. The van der Waals surface area contributed by atoms with E-state index in [0.29, 0.717) is 6.04 Å². The highest BCUT2D eigenvalue weighted by molar-refractivity contribution is 5.79. The van der Waals surface area contributed by atoms with Crippen LogP contribution in [0.5, 0.6) is 0 Å². The highest BCUT2D eigenvalue weighted by atomic mass is 15.1. The molecule has 2 unspecified atom stereocenters. The number of fused-ring (bicyclic) bond motifs is 1.